The van der Waals surface area contributed by atoms with Crippen molar-refractivity contribution in [1.29, 1.82) is 0 Å². The quantitative estimate of drug-likeness (QED) is 0.250. The predicted octanol–water partition coefficient (Wildman–Crippen LogP) is 1.42. The molecule has 0 saturated carbocycles. The van der Waals surface area contributed by atoms with Crippen molar-refractivity contribution in [3.8, 4) is 17.1 Å². The molecule has 0 atom stereocenters. The van der Waals surface area contributed by atoms with Crippen LogP contribution in [0.25, 0.3) is 22.4 Å². The second kappa shape index (κ2) is 9.57. The molecule has 0 fully saturated rings. The molecule has 6 rings (SSSR count). The van der Waals surface area contributed by atoms with Gasteiger partial charge in [0.05, 0.1) is 5.69 Å². The molecule has 0 spiro atoms. The zero-order valence-corrected chi connectivity index (χ0v) is 20.1. The van der Waals surface area contributed by atoms with Gasteiger partial charge in [-0.3, -0.25) is 14.3 Å². The molecule has 0 unspecified atom stereocenters. The number of hydrogen-bond donors (Lipinski definition) is 4. The summed E-state index contributed by atoms with van der Waals surface area (Å²) in [6.45, 7) is 0.720. The molecular weight excluding hydrogens is 490 g/mol. The molecule has 0 radical (unpaired) electrons. The van der Waals surface area contributed by atoms with E-state index in [1.54, 1.807) is 23.9 Å². The van der Waals surface area contributed by atoms with Crippen LogP contribution in [-0.4, -0.2) is 58.8 Å². The van der Waals surface area contributed by atoms with Crippen molar-refractivity contribution in [2.45, 2.75) is 13.1 Å². The van der Waals surface area contributed by atoms with E-state index >= 15 is 0 Å². The molecule has 14 heteroatoms. The van der Waals surface area contributed by atoms with E-state index in [1.165, 1.54) is 6.33 Å². The molecular formula is C24H21N11O3. The van der Waals surface area contributed by atoms with E-state index < -0.39 is 5.91 Å². The summed E-state index contributed by atoms with van der Waals surface area (Å²) in [6.07, 6.45) is 1.34. The Balaban J connectivity index is 1.16. The van der Waals surface area contributed by atoms with Crippen LogP contribution in [0.5, 0.6) is 5.75 Å². The van der Waals surface area contributed by atoms with E-state index in [0.717, 1.165) is 16.7 Å². The highest BCUT2D eigenvalue weighted by Gasteiger charge is 2.20. The van der Waals surface area contributed by atoms with Crippen LogP contribution in [0, 0.1) is 0 Å². The van der Waals surface area contributed by atoms with Crippen LogP contribution in [0.4, 0.5) is 11.5 Å². The minimum Gasteiger partial charge on any atom is -0.482 e. The van der Waals surface area contributed by atoms with Crippen LogP contribution >= 0.6 is 0 Å². The normalized spacial score (nSPS) is 12.5. The summed E-state index contributed by atoms with van der Waals surface area (Å²) >= 11 is 0. The molecule has 0 bridgehead atoms. The number of amides is 2. The van der Waals surface area contributed by atoms with E-state index in [0.29, 0.717) is 40.7 Å². The van der Waals surface area contributed by atoms with Crippen molar-refractivity contribution in [3.05, 3.63) is 65.6 Å². The summed E-state index contributed by atoms with van der Waals surface area (Å²) in [6, 6.07) is 13.1. The van der Waals surface area contributed by atoms with Gasteiger partial charge >= 0.3 is 0 Å². The van der Waals surface area contributed by atoms with Crippen LogP contribution in [0.15, 0.2) is 48.8 Å². The standard InChI is InChI=1S/C24H21N11O3/c1-35-23(25-9-13-2-5-15(6-3-13)22-30-33-34-31-22)20-19(32-35)21(28-12-27-20)24(37)26-10-14-4-7-17-16(8-14)29-18(36)11-38-17/h2-8,12,25H,9-11H2,1H3,(H,26,37)(H,29,36)(H,30,31,33,34). The highest BCUT2D eigenvalue weighted by atomic mass is 16.5. The lowest BCUT2D eigenvalue weighted by Gasteiger charge is -2.18. The van der Waals surface area contributed by atoms with Gasteiger partial charge in [-0.25, -0.2) is 9.97 Å². The Morgan fingerprint density at radius 2 is 1.92 bits per heavy atom. The zero-order chi connectivity index (χ0) is 26.1. The van der Waals surface area contributed by atoms with Gasteiger partial charge in [0, 0.05) is 25.7 Å². The Hall–Kier alpha value is -5.40. The van der Waals surface area contributed by atoms with Crippen LogP contribution in [0.3, 0.4) is 0 Å². The summed E-state index contributed by atoms with van der Waals surface area (Å²) in [5, 5.41) is 27.4. The number of ether oxygens (including phenoxy) is 1. The Labute approximate surface area is 214 Å². The fraction of sp³-hybridized carbons (Fsp3) is 0.167. The summed E-state index contributed by atoms with van der Waals surface area (Å²) < 4.78 is 7.01. The van der Waals surface area contributed by atoms with Gasteiger partial charge in [0.25, 0.3) is 11.8 Å². The van der Waals surface area contributed by atoms with Gasteiger partial charge in [0.1, 0.15) is 23.1 Å². The Bertz CT molecular complexity index is 1650. The molecule has 38 heavy (non-hydrogen) atoms. The minimum atomic E-state index is -0.392. The lowest BCUT2D eigenvalue weighted by Crippen LogP contribution is -2.26. The number of hydrogen-bond acceptors (Lipinski definition) is 10. The highest BCUT2D eigenvalue weighted by molar-refractivity contribution is 6.05. The Morgan fingerprint density at radius 1 is 1.08 bits per heavy atom. The largest absolute Gasteiger partial charge is 0.482 e. The topological polar surface area (TPSA) is 178 Å². The van der Waals surface area contributed by atoms with Gasteiger partial charge in [-0.1, -0.05) is 30.3 Å². The molecule has 4 heterocycles. The number of carbonyl (C=O) groups excluding carboxylic acids is 2. The number of anilines is 2. The number of H-pyrrole nitrogens is 1. The third kappa shape index (κ3) is 4.45. The van der Waals surface area contributed by atoms with Gasteiger partial charge in [-0.05, 0) is 28.5 Å². The van der Waals surface area contributed by atoms with Crippen molar-refractivity contribution < 1.29 is 14.3 Å². The van der Waals surface area contributed by atoms with Gasteiger partial charge in [0.2, 0.25) is 5.82 Å². The van der Waals surface area contributed by atoms with Crippen LogP contribution < -0.4 is 20.7 Å². The average molecular weight is 512 g/mol. The molecule has 1 aliphatic heterocycles. The first-order valence-electron chi connectivity index (χ1n) is 11.6. The van der Waals surface area contributed by atoms with E-state index in [4.69, 9.17) is 4.74 Å². The van der Waals surface area contributed by atoms with Crippen molar-refractivity contribution >= 4 is 34.4 Å². The summed E-state index contributed by atoms with van der Waals surface area (Å²) in [5.41, 5.74) is 4.32. The molecule has 2 aromatic carbocycles. The second-order valence-electron chi connectivity index (χ2n) is 8.53. The van der Waals surface area contributed by atoms with Gasteiger partial charge in [-0.2, -0.15) is 10.3 Å². The molecule has 3 aromatic heterocycles. The maximum absolute atomic E-state index is 13.0. The number of rotatable bonds is 7. The summed E-state index contributed by atoms with van der Waals surface area (Å²) in [4.78, 5) is 33.1. The molecule has 14 nitrogen and oxygen atoms in total. The maximum Gasteiger partial charge on any atom is 0.272 e. The first-order valence-corrected chi connectivity index (χ1v) is 11.6. The smallest absolute Gasteiger partial charge is 0.272 e. The predicted molar refractivity (Wildman–Crippen MR) is 135 cm³/mol. The fourth-order valence-electron chi connectivity index (χ4n) is 4.11. The molecule has 2 amide bonds. The van der Waals surface area contributed by atoms with E-state index in [-0.39, 0.29) is 24.8 Å². The number of tetrazole rings is 1. The lowest BCUT2D eigenvalue weighted by atomic mass is 10.1. The zero-order valence-electron chi connectivity index (χ0n) is 20.1. The second-order valence-corrected chi connectivity index (χ2v) is 8.53. The summed E-state index contributed by atoms with van der Waals surface area (Å²) in [5.74, 6) is 1.16. The molecule has 4 N–H and O–H groups in total. The van der Waals surface area contributed by atoms with E-state index in [1.807, 2.05) is 30.3 Å². The molecule has 0 saturated heterocycles. The van der Waals surface area contributed by atoms with Gasteiger partial charge < -0.3 is 20.7 Å². The van der Waals surface area contributed by atoms with E-state index in [9.17, 15) is 9.59 Å². The first-order chi connectivity index (χ1) is 18.5. The Morgan fingerprint density at radius 3 is 2.74 bits per heavy atom. The molecule has 5 aromatic rings. The van der Waals surface area contributed by atoms with Gasteiger partial charge in [-0.15, -0.1) is 10.2 Å². The van der Waals surface area contributed by atoms with Crippen LogP contribution in [0.1, 0.15) is 21.6 Å². The van der Waals surface area contributed by atoms with Crippen molar-refractivity contribution in [3.63, 3.8) is 0 Å². The minimum absolute atomic E-state index is 0.0124. The molecule has 190 valence electrons. The summed E-state index contributed by atoms with van der Waals surface area (Å²) in [7, 11) is 1.77. The molecule has 0 aliphatic carbocycles. The third-order valence-corrected chi connectivity index (χ3v) is 5.98. The fourth-order valence-corrected chi connectivity index (χ4v) is 4.11. The van der Waals surface area contributed by atoms with E-state index in [2.05, 4.69) is 51.6 Å². The van der Waals surface area contributed by atoms with Crippen molar-refractivity contribution in [1.82, 2.24) is 45.7 Å². The number of aromatic nitrogens is 8. The highest BCUT2D eigenvalue weighted by Crippen LogP contribution is 2.28. The third-order valence-electron chi connectivity index (χ3n) is 5.98. The van der Waals surface area contributed by atoms with Crippen LogP contribution in [-0.2, 0) is 24.9 Å². The molecule has 1 aliphatic rings. The number of fused-ring (bicyclic) bond motifs is 2. The number of aromatic amines is 1. The van der Waals surface area contributed by atoms with Crippen molar-refractivity contribution in [2.24, 2.45) is 7.05 Å². The number of nitrogens with one attached hydrogen (secondary N) is 4. The number of nitrogens with zero attached hydrogens (tertiary/aromatic N) is 7. The number of carbonyl (C=O) groups is 2. The number of benzene rings is 2. The van der Waals surface area contributed by atoms with Gasteiger partial charge in [0.15, 0.2) is 18.1 Å². The lowest BCUT2D eigenvalue weighted by molar-refractivity contribution is -0.118. The Kier molecular flexibility index (Phi) is 5.80. The monoisotopic (exact) mass is 511 g/mol. The van der Waals surface area contributed by atoms with Crippen molar-refractivity contribution in [2.75, 3.05) is 17.2 Å². The SMILES string of the molecule is Cn1nc2c(C(=O)NCc3ccc4c(c3)NC(=O)CO4)ncnc2c1NCc1ccc(-c2nn[nH]n2)cc1. The van der Waals surface area contributed by atoms with Crippen LogP contribution in [0.2, 0.25) is 0 Å². The maximum atomic E-state index is 13.0. The first kappa shape index (κ1) is 23.0. The average Bonchev–Trinajstić information content (AvgIpc) is 3.58. The number of aryl methyl sites for hydroxylation is 1.